The van der Waals surface area contributed by atoms with E-state index in [2.05, 4.69) is 38.1 Å². The Morgan fingerprint density at radius 1 is 1.50 bits per heavy atom. The minimum atomic E-state index is -0.135. The molecule has 0 atom stereocenters. The van der Waals surface area contributed by atoms with Crippen molar-refractivity contribution in [1.29, 1.82) is 0 Å². The summed E-state index contributed by atoms with van der Waals surface area (Å²) in [6.07, 6.45) is 2.36. The summed E-state index contributed by atoms with van der Waals surface area (Å²) in [6, 6.07) is 4.20. The molecule has 0 saturated carbocycles. The first kappa shape index (κ1) is 13.7. The molecule has 0 amide bonds. The quantitative estimate of drug-likeness (QED) is 0.621. The first-order valence-electron chi connectivity index (χ1n) is 5.24. The van der Waals surface area contributed by atoms with Crippen LogP contribution in [-0.2, 0) is 16.0 Å². The van der Waals surface area contributed by atoms with Gasteiger partial charge in [0.1, 0.15) is 0 Å². The van der Waals surface area contributed by atoms with Crippen LogP contribution in [0.3, 0.4) is 0 Å². The van der Waals surface area contributed by atoms with E-state index in [4.69, 9.17) is 0 Å². The number of thiophene rings is 1. The lowest BCUT2D eigenvalue weighted by Gasteiger charge is -2.02. The van der Waals surface area contributed by atoms with Crippen LogP contribution in [0.1, 0.15) is 17.7 Å². The normalized spacial score (nSPS) is 10.4. The second kappa shape index (κ2) is 7.81. The average molecular weight is 306 g/mol. The lowest BCUT2D eigenvalue weighted by molar-refractivity contribution is -0.140. The van der Waals surface area contributed by atoms with Crippen LogP contribution in [0.5, 0.6) is 0 Å². The van der Waals surface area contributed by atoms with Crippen molar-refractivity contribution in [2.24, 2.45) is 0 Å². The van der Waals surface area contributed by atoms with Gasteiger partial charge in [-0.25, -0.2) is 0 Å². The van der Waals surface area contributed by atoms with Crippen LogP contribution >= 0.6 is 27.3 Å². The van der Waals surface area contributed by atoms with Crippen LogP contribution in [0.4, 0.5) is 0 Å². The molecule has 0 aromatic carbocycles. The number of methoxy groups -OCH3 is 1. The van der Waals surface area contributed by atoms with Gasteiger partial charge in [0.25, 0.3) is 0 Å². The van der Waals surface area contributed by atoms with E-state index in [1.54, 1.807) is 11.3 Å². The van der Waals surface area contributed by atoms with Crippen LogP contribution < -0.4 is 5.32 Å². The summed E-state index contributed by atoms with van der Waals surface area (Å²) in [5.41, 5.74) is 0. The van der Waals surface area contributed by atoms with E-state index in [0.29, 0.717) is 6.42 Å². The van der Waals surface area contributed by atoms with Gasteiger partial charge in [-0.1, -0.05) is 0 Å². The maximum Gasteiger partial charge on any atom is 0.305 e. The topological polar surface area (TPSA) is 38.3 Å². The fourth-order valence-corrected chi connectivity index (χ4v) is 2.77. The van der Waals surface area contributed by atoms with Crippen LogP contribution in [0.15, 0.2) is 15.9 Å². The summed E-state index contributed by atoms with van der Waals surface area (Å²) in [6.45, 7) is 1.82. The van der Waals surface area contributed by atoms with E-state index < -0.39 is 0 Å². The number of hydrogen-bond acceptors (Lipinski definition) is 4. The van der Waals surface area contributed by atoms with Crippen molar-refractivity contribution in [3.05, 3.63) is 20.8 Å². The standard InChI is InChI=1S/C11H16BrNO2S/c1-15-11(14)3-2-7-13-8-6-9-4-5-10(12)16-9/h4-5,13H,2-3,6-8H2,1H3. The summed E-state index contributed by atoms with van der Waals surface area (Å²) in [5.74, 6) is -0.135. The molecule has 0 fully saturated rings. The lowest BCUT2D eigenvalue weighted by atomic mass is 10.3. The third-order valence-electron chi connectivity index (χ3n) is 2.14. The van der Waals surface area contributed by atoms with Crippen LogP contribution in [0.25, 0.3) is 0 Å². The highest BCUT2D eigenvalue weighted by molar-refractivity contribution is 9.11. The zero-order valence-corrected chi connectivity index (χ0v) is 11.7. The summed E-state index contributed by atoms with van der Waals surface area (Å²) >= 11 is 5.20. The van der Waals surface area contributed by atoms with Gasteiger partial charge >= 0.3 is 5.97 Å². The number of rotatable bonds is 7. The van der Waals surface area contributed by atoms with Gasteiger partial charge in [0, 0.05) is 11.3 Å². The van der Waals surface area contributed by atoms with Gasteiger partial charge in [0.2, 0.25) is 0 Å². The summed E-state index contributed by atoms with van der Waals surface area (Å²) < 4.78 is 5.73. The number of hydrogen-bond donors (Lipinski definition) is 1. The maximum atomic E-state index is 10.8. The molecule has 1 aromatic heterocycles. The number of nitrogens with one attached hydrogen (secondary N) is 1. The molecule has 1 aromatic rings. The van der Waals surface area contributed by atoms with E-state index in [9.17, 15) is 4.79 Å². The first-order chi connectivity index (χ1) is 7.72. The van der Waals surface area contributed by atoms with Gasteiger partial charge < -0.3 is 10.1 Å². The molecule has 0 saturated heterocycles. The molecule has 0 unspecified atom stereocenters. The summed E-state index contributed by atoms with van der Waals surface area (Å²) in [5, 5.41) is 3.31. The largest absolute Gasteiger partial charge is 0.469 e. The smallest absolute Gasteiger partial charge is 0.305 e. The van der Waals surface area contributed by atoms with E-state index in [1.165, 1.54) is 15.8 Å². The fourth-order valence-electron chi connectivity index (χ4n) is 1.28. The Morgan fingerprint density at radius 2 is 2.31 bits per heavy atom. The second-order valence-electron chi connectivity index (χ2n) is 3.39. The minimum absolute atomic E-state index is 0.135. The Balaban J connectivity index is 1.98. The third kappa shape index (κ3) is 5.63. The van der Waals surface area contributed by atoms with E-state index >= 15 is 0 Å². The molecule has 5 heteroatoms. The molecule has 0 aliphatic rings. The molecule has 3 nitrogen and oxygen atoms in total. The van der Waals surface area contributed by atoms with Crippen molar-refractivity contribution < 1.29 is 9.53 Å². The Kier molecular flexibility index (Phi) is 6.68. The monoisotopic (exact) mass is 305 g/mol. The average Bonchev–Trinajstić information content (AvgIpc) is 2.69. The summed E-state index contributed by atoms with van der Waals surface area (Å²) in [4.78, 5) is 12.2. The lowest BCUT2D eigenvalue weighted by Crippen LogP contribution is -2.19. The third-order valence-corrected chi connectivity index (χ3v) is 3.82. The predicted octanol–water partition coefficient (Wildman–Crippen LogP) is 2.60. The minimum Gasteiger partial charge on any atom is -0.469 e. The highest BCUT2D eigenvalue weighted by Crippen LogP contribution is 2.21. The molecule has 1 rings (SSSR count). The van der Waals surface area contributed by atoms with Crippen LogP contribution in [-0.4, -0.2) is 26.2 Å². The number of carbonyl (C=O) groups excluding carboxylic acids is 1. The van der Waals surface area contributed by atoms with Crippen LogP contribution in [0, 0.1) is 0 Å². The van der Waals surface area contributed by atoms with Gasteiger partial charge in [-0.2, -0.15) is 0 Å². The Morgan fingerprint density at radius 3 is 2.94 bits per heavy atom. The predicted molar refractivity (Wildman–Crippen MR) is 69.8 cm³/mol. The fraction of sp³-hybridized carbons (Fsp3) is 0.545. The van der Waals surface area contributed by atoms with E-state index in [0.717, 1.165) is 25.9 Å². The van der Waals surface area contributed by atoms with E-state index in [-0.39, 0.29) is 5.97 Å². The van der Waals surface area contributed by atoms with Crippen LogP contribution in [0.2, 0.25) is 0 Å². The Hall–Kier alpha value is -0.390. The highest BCUT2D eigenvalue weighted by Gasteiger charge is 1.99. The molecule has 16 heavy (non-hydrogen) atoms. The molecule has 90 valence electrons. The zero-order valence-electron chi connectivity index (χ0n) is 9.29. The van der Waals surface area contributed by atoms with Gasteiger partial charge in [-0.3, -0.25) is 4.79 Å². The SMILES string of the molecule is COC(=O)CCCNCCc1ccc(Br)s1. The molecule has 1 N–H and O–H groups in total. The molecule has 0 radical (unpaired) electrons. The number of halogens is 1. The van der Waals surface area contributed by atoms with Gasteiger partial charge in [0.15, 0.2) is 0 Å². The molecular formula is C11H16BrNO2S. The van der Waals surface area contributed by atoms with Gasteiger partial charge in [0.05, 0.1) is 10.9 Å². The van der Waals surface area contributed by atoms with Crippen molar-refractivity contribution in [2.75, 3.05) is 20.2 Å². The summed E-state index contributed by atoms with van der Waals surface area (Å²) in [7, 11) is 1.42. The van der Waals surface area contributed by atoms with Gasteiger partial charge in [-0.05, 0) is 54.0 Å². The number of ether oxygens (including phenoxy) is 1. The van der Waals surface area contributed by atoms with Crippen molar-refractivity contribution in [3.8, 4) is 0 Å². The van der Waals surface area contributed by atoms with Crippen molar-refractivity contribution in [2.45, 2.75) is 19.3 Å². The number of esters is 1. The first-order valence-corrected chi connectivity index (χ1v) is 6.85. The van der Waals surface area contributed by atoms with Gasteiger partial charge in [-0.15, -0.1) is 11.3 Å². The number of carbonyl (C=O) groups is 1. The van der Waals surface area contributed by atoms with Crippen molar-refractivity contribution in [3.63, 3.8) is 0 Å². The highest BCUT2D eigenvalue weighted by atomic mass is 79.9. The Bertz CT molecular complexity index is 328. The molecule has 0 aliphatic heterocycles. The molecule has 0 bridgehead atoms. The molecular weight excluding hydrogens is 290 g/mol. The second-order valence-corrected chi connectivity index (χ2v) is 5.93. The molecule has 0 aliphatic carbocycles. The van der Waals surface area contributed by atoms with Crippen molar-refractivity contribution >= 4 is 33.2 Å². The Labute approximate surface area is 108 Å². The van der Waals surface area contributed by atoms with Crippen molar-refractivity contribution in [1.82, 2.24) is 5.32 Å². The van der Waals surface area contributed by atoms with E-state index in [1.807, 2.05) is 0 Å². The molecule has 1 heterocycles. The molecule has 0 spiro atoms. The maximum absolute atomic E-state index is 10.8. The zero-order chi connectivity index (χ0) is 11.8.